The number of anilines is 1. The zero-order chi connectivity index (χ0) is 27.4. The number of para-hydroxylation sites is 2. The molecule has 2 atom stereocenters. The Morgan fingerprint density at radius 1 is 1.08 bits per heavy atom. The molecule has 1 fully saturated rings. The van der Waals surface area contributed by atoms with Gasteiger partial charge in [-0.25, -0.2) is 4.39 Å². The zero-order valence-electron chi connectivity index (χ0n) is 23.7. The number of nitrogens with zero attached hydrogens (tertiary/aromatic N) is 2. The largest absolute Gasteiger partial charge is 0.485 e. The van der Waals surface area contributed by atoms with Crippen molar-refractivity contribution < 1.29 is 13.9 Å². The molecule has 5 rings (SSSR count). The molecule has 0 N–H and O–H groups in total. The van der Waals surface area contributed by atoms with E-state index >= 15 is 0 Å². The minimum Gasteiger partial charge on any atom is -0.485 e. The molecule has 2 aliphatic heterocycles. The molecule has 0 saturated carbocycles. The first-order valence-electron chi connectivity index (χ1n) is 14.8. The van der Waals surface area contributed by atoms with Crippen LogP contribution in [0.2, 0.25) is 0 Å². The van der Waals surface area contributed by atoms with Crippen molar-refractivity contribution in [3.8, 4) is 5.75 Å². The third kappa shape index (κ3) is 6.57. The van der Waals surface area contributed by atoms with Gasteiger partial charge in [0.25, 0.3) is 0 Å². The summed E-state index contributed by atoms with van der Waals surface area (Å²) < 4.78 is 20.8. The summed E-state index contributed by atoms with van der Waals surface area (Å²) in [5.74, 6) is 1.84. The number of hydrogen-bond acceptors (Lipinski definition) is 3. The number of amides is 1. The van der Waals surface area contributed by atoms with E-state index in [1.54, 1.807) is 12.2 Å². The minimum atomic E-state index is -0.265. The number of hydrogen-bond donors (Lipinski definition) is 0. The quantitative estimate of drug-likeness (QED) is 0.357. The Morgan fingerprint density at radius 3 is 2.51 bits per heavy atom. The van der Waals surface area contributed by atoms with E-state index < -0.39 is 0 Å². The van der Waals surface area contributed by atoms with Crippen molar-refractivity contribution in [1.29, 1.82) is 0 Å². The van der Waals surface area contributed by atoms with Crippen LogP contribution in [0.1, 0.15) is 76.3 Å². The summed E-state index contributed by atoms with van der Waals surface area (Å²) in [5.41, 5.74) is 3.54. The molecule has 0 aromatic heterocycles. The van der Waals surface area contributed by atoms with Gasteiger partial charge in [0.05, 0.1) is 11.5 Å². The fourth-order valence-corrected chi connectivity index (χ4v) is 6.30. The van der Waals surface area contributed by atoms with Gasteiger partial charge in [-0.05, 0) is 66.0 Å². The number of likely N-dealkylation sites (tertiary alicyclic amines) is 1. The fourth-order valence-electron chi connectivity index (χ4n) is 6.30. The summed E-state index contributed by atoms with van der Waals surface area (Å²) in [6.07, 6.45) is 10.2. The molecule has 208 valence electrons. The molecule has 0 radical (unpaired) electrons. The van der Waals surface area contributed by atoms with Gasteiger partial charge in [0.2, 0.25) is 5.91 Å². The Labute approximate surface area is 233 Å². The maximum atomic E-state index is 14.0. The summed E-state index contributed by atoms with van der Waals surface area (Å²) in [4.78, 5) is 17.4. The van der Waals surface area contributed by atoms with Crippen LogP contribution in [-0.4, -0.2) is 36.0 Å². The highest BCUT2D eigenvalue weighted by Crippen LogP contribution is 2.41. The average Bonchev–Trinajstić information content (AvgIpc) is 3.09. The summed E-state index contributed by atoms with van der Waals surface area (Å²) in [6.45, 7) is 9.66. The molecule has 1 spiro atoms. The summed E-state index contributed by atoms with van der Waals surface area (Å²) in [7, 11) is 0. The molecule has 2 aromatic carbocycles. The van der Waals surface area contributed by atoms with Gasteiger partial charge in [-0.15, -0.1) is 0 Å². The Balaban J connectivity index is 1.22. The summed E-state index contributed by atoms with van der Waals surface area (Å²) in [6, 6.07) is 17.3. The first-order valence-corrected chi connectivity index (χ1v) is 14.8. The molecule has 5 heteroatoms. The van der Waals surface area contributed by atoms with E-state index in [9.17, 15) is 9.18 Å². The Kier molecular flexibility index (Phi) is 8.44. The number of fused-ring (bicyclic) bond motifs is 1. The molecule has 0 bridgehead atoms. The van der Waals surface area contributed by atoms with Crippen LogP contribution in [0.5, 0.6) is 5.75 Å². The molecular weight excluding hydrogens is 487 g/mol. The molecule has 2 unspecified atom stereocenters. The van der Waals surface area contributed by atoms with Crippen LogP contribution in [0.3, 0.4) is 0 Å². The lowest BCUT2D eigenvalue weighted by Crippen LogP contribution is -2.50. The van der Waals surface area contributed by atoms with E-state index in [0.29, 0.717) is 25.4 Å². The highest BCUT2D eigenvalue weighted by Gasteiger charge is 2.40. The van der Waals surface area contributed by atoms with Crippen LogP contribution in [-0.2, 0) is 11.3 Å². The monoisotopic (exact) mass is 530 g/mol. The number of allylic oxidation sites excluding steroid dienone is 3. The normalized spacial score (nSPS) is 22.9. The SMILES string of the molecule is CCC1C=C(F)CC(/C=C/C(=O)N2CCC3(CC2)CCN(Cc2ccc(C(C)C)cc2)c2ccccc2O3)C1. The van der Waals surface area contributed by atoms with Crippen LogP contribution in [0.15, 0.2) is 72.6 Å². The lowest BCUT2D eigenvalue weighted by molar-refractivity contribution is -0.129. The standard InChI is InChI=1S/C34H43FN2O2/c1-4-26-21-28(23-30(35)22-26)11-14-33(38)36-18-15-34(16-19-36)17-20-37(31-7-5-6-8-32(31)39-34)24-27-9-12-29(13-10-27)25(2)3/h5-14,22,25-26,28H,4,15-21,23-24H2,1-3H3/b14-11+. The smallest absolute Gasteiger partial charge is 0.246 e. The lowest BCUT2D eigenvalue weighted by Gasteiger charge is -2.41. The Bertz CT molecular complexity index is 1190. The first-order chi connectivity index (χ1) is 18.8. The number of benzene rings is 2. The molecule has 1 saturated heterocycles. The minimum absolute atomic E-state index is 0.0355. The molecule has 3 aliphatic rings. The van der Waals surface area contributed by atoms with Crippen molar-refractivity contribution in [2.24, 2.45) is 11.8 Å². The highest BCUT2D eigenvalue weighted by atomic mass is 19.1. The van der Waals surface area contributed by atoms with Crippen molar-refractivity contribution in [3.05, 3.63) is 83.7 Å². The highest BCUT2D eigenvalue weighted by molar-refractivity contribution is 5.87. The van der Waals surface area contributed by atoms with Gasteiger partial charge >= 0.3 is 0 Å². The maximum absolute atomic E-state index is 14.0. The Hall–Kier alpha value is -3.08. The van der Waals surface area contributed by atoms with Crippen LogP contribution in [0.25, 0.3) is 0 Å². The molecule has 2 heterocycles. The number of halogens is 1. The number of ether oxygens (including phenoxy) is 1. The third-order valence-electron chi connectivity index (χ3n) is 8.89. The van der Waals surface area contributed by atoms with Crippen molar-refractivity contribution in [1.82, 2.24) is 4.90 Å². The maximum Gasteiger partial charge on any atom is 0.246 e. The van der Waals surface area contributed by atoms with Crippen LogP contribution >= 0.6 is 0 Å². The zero-order valence-corrected chi connectivity index (χ0v) is 23.7. The Morgan fingerprint density at radius 2 is 1.79 bits per heavy atom. The number of piperidine rings is 1. The molecule has 2 aromatic rings. The van der Waals surface area contributed by atoms with Gasteiger partial charge in [0.1, 0.15) is 11.4 Å². The summed E-state index contributed by atoms with van der Waals surface area (Å²) >= 11 is 0. The van der Waals surface area contributed by atoms with E-state index in [1.807, 2.05) is 17.0 Å². The van der Waals surface area contributed by atoms with Crippen molar-refractivity contribution in [2.45, 2.75) is 77.4 Å². The van der Waals surface area contributed by atoms with Crippen molar-refractivity contribution in [3.63, 3.8) is 0 Å². The van der Waals surface area contributed by atoms with Gasteiger partial charge in [-0.1, -0.05) is 63.2 Å². The molecule has 1 amide bonds. The van der Waals surface area contributed by atoms with Gasteiger partial charge in [0.15, 0.2) is 0 Å². The van der Waals surface area contributed by atoms with E-state index in [1.165, 1.54) is 11.1 Å². The predicted octanol–water partition coefficient (Wildman–Crippen LogP) is 7.81. The van der Waals surface area contributed by atoms with Crippen LogP contribution in [0.4, 0.5) is 10.1 Å². The molecule has 4 nitrogen and oxygen atoms in total. The third-order valence-corrected chi connectivity index (χ3v) is 8.89. The number of carbonyl (C=O) groups excluding carboxylic acids is 1. The van der Waals surface area contributed by atoms with Gasteiger partial charge in [-0.2, -0.15) is 0 Å². The molecule has 1 aliphatic carbocycles. The van der Waals surface area contributed by atoms with Crippen LogP contribution in [0, 0.1) is 11.8 Å². The topological polar surface area (TPSA) is 32.8 Å². The molecule has 39 heavy (non-hydrogen) atoms. The van der Waals surface area contributed by atoms with E-state index in [-0.39, 0.29) is 29.2 Å². The van der Waals surface area contributed by atoms with Gasteiger partial charge < -0.3 is 14.5 Å². The second kappa shape index (κ2) is 12.0. The molecular formula is C34H43FN2O2. The van der Waals surface area contributed by atoms with Gasteiger partial charge in [0, 0.05) is 51.9 Å². The van der Waals surface area contributed by atoms with Crippen molar-refractivity contribution in [2.75, 3.05) is 24.5 Å². The van der Waals surface area contributed by atoms with Crippen LogP contribution < -0.4 is 9.64 Å². The second-order valence-corrected chi connectivity index (χ2v) is 12.0. The van der Waals surface area contributed by atoms with E-state index in [4.69, 9.17) is 4.74 Å². The summed E-state index contributed by atoms with van der Waals surface area (Å²) in [5, 5.41) is 0. The van der Waals surface area contributed by atoms with E-state index in [2.05, 4.69) is 68.1 Å². The average molecular weight is 531 g/mol. The second-order valence-electron chi connectivity index (χ2n) is 12.0. The number of carbonyl (C=O) groups is 1. The van der Waals surface area contributed by atoms with Crippen molar-refractivity contribution >= 4 is 11.6 Å². The lowest BCUT2D eigenvalue weighted by atomic mass is 9.84. The van der Waals surface area contributed by atoms with E-state index in [0.717, 1.165) is 56.6 Å². The predicted molar refractivity (Wildman–Crippen MR) is 157 cm³/mol. The first kappa shape index (κ1) is 27.5. The number of rotatable bonds is 6. The fraction of sp³-hybridized carbons (Fsp3) is 0.500. The van der Waals surface area contributed by atoms with Gasteiger partial charge in [-0.3, -0.25) is 4.79 Å².